The van der Waals surface area contributed by atoms with Gasteiger partial charge in [0.15, 0.2) is 0 Å². The molecule has 0 saturated heterocycles. The molecule has 5 heteroatoms. The lowest BCUT2D eigenvalue weighted by Gasteiger charge is -2.33. The first-order valence-electron chi connectivity index (χ1n) is 7.69. The Labute approximate surface area is 121 Å². The fourth-order valence-corrected chi connectivity index (χ4v) is 2.91. The van der Waals surface area contributed by atoms with E-state index in [1.54, 1.807) is 0 Å². The minimum absolute atomic E-state index is 0.459. The van der Waals surface area contributed by atoms with Crippen molar-refractivity contribution in [1.29, 1.82) is 0 Å². The van der Waals surface area contributed by atoms with Gasteiger partial charge in [-0.15, -0.1) is 0 Å². The van der Waals surface area contributed by atoms with Crippen LogP contribution in [0.5, 0.6) is 0 Å². The van der Waals surface area contributed by atoms with E-state index in [1.807, 2.05) is 20.8 Å². The molecule has 1 aromatic heterocycles. The maximum atomic E-state index is 6.49. The van der Waals surface area contributed by atoms with Gasteiger partial charge < -0.3 is 15.0 Å². The van der Waals surface area contributed by atoms with Crippen LogP contribution >= 0.6 is 0 Å². The van der Waals surface area contributed by atoms with Crippen LogP contribution in [0.25, 0.3) is 0 Å². The average molecular weight is 281 g/mol. The highest BCUT2D eigenvalue weighted by molar-refractivity contribution is 5.07. The van der Waals surface area contributed by atoms with Gasteiger partial charge in [-0.1, -0.05) is 18.5 Å². The summed E-state index contributed by atoms with van der Waals surface area (Å²) in [4.78, 5) is 4.52. The highest BCUT2D eigenvalue weighted by Gasteiger charge is 2.39. The number of hydrogen-bond donors (Lipinski definition) is 1. The second kappa shape index (κ2) is 5.82. The zero-order valence-corrected chi connectivity index (χ0v) is 13.1. The predicted octanol–water partition coefficient (Wildman–Crippen LogP) is 3.10. The summed E-state index contributed by atoms with van der Waals surface area (Å²) in [7, 11) is 0. The molecule has 1 heterocycles. The van der Waals surface area contributed by atoms with Crippen molar-refractivity contribution in [3.05, 3.63) is 11.7 Å². The lowest BCUT2D eigenvalue weighted by Crippen LogP contribution is -2.41. The summed E-state index contributed by atoms with van der Waals surface area (Å²) in [5.74, 6) is 1.93. The average Bonchev–Trinajstić information content (AvgIpc) is 2.91. The van der Waals surface area contributed by atoms with Crippen LogP contribution in [0.15, 0.2) is 4.52 Å². The van der Waals surface area contributed by atoms with E-state index in [0.29, 0.717) is 18.3 Å². The van der Waals surface area contributed by atoms with Gasteiger partial charge in [-0.3, -0.25) is 0 Å². The Morgan fingerprint density at radius 1 is 1.35 bits per heavy atom. The zero-order valence-electron chi connectivity index (χ0n) is 13.1. The maximum absolute atomic E-state index is 6.49. The van der Waals surface area contributed by atoms with Crippen LogP contribution in [-0.2, 0) is 15.9 Å². The molecule has 0 atom stereocenters. The van der Waals surface area contributed by atoms with Gasteiger partial charge in [0.05, 0.1) is 5.54 Å². The van der Waals surface area contributed by atoms with Crippen molar-refractivity contribution in [3.8, 4) is 0 Å². The lowest BCUT2D eigenvalue weighted by molar-refractivity contribution is -0.0221. The predicted molar refractivity (Wildman–Crippen MR) is 77.1 cm³/mol. The third-order valence-corrected chi connectivity index (χ3v) is 4.47. The van der Waals surface area contributed by atoms with Crippen LogP contribution in [0.4, 0.5) is 0 Å². The van der Waals surface area contributed by atoms with E-state index in [2.05, 4.69) is 17.1 Å². The largest absolute Gasteiger partial charge is 0.368 e. The van der Waals surface area contributed by atoms with Gasteiger partial charge in [-0.05, 0) is 52.4 Å². The topological polar surface area (TPSA) is 74.2 Å². The summed E-state index contributed by atoms with van der Waals surface area (Å²) in [5, 5.41) is 4.07. The van der Waals surface area contributed by atoms with E-state index in [4.69, 9.17) is 15.0 Å². The van der Waals surface area contributed by atoms with Crippen molar-refractivity contribution in [3.63, 3.8) is 0 Å². The highest BCUT2D eigenvalue weighted by Crippen LogP contribution is 2.38. The summed E-state index contributed by atoms with van der Waals surface area (Å²) in [6.45, 7) is 8.70. The Balaban J connectivity index is 2.12. The van der Waals surface area contributed by atoms with Crippen LogP contribution in [0.1, 0.15) is 71.5 Å². The Kier molecular flexibility index (Phi) is 4.49. The molecule has 5 nitrogen and oxygen atoms in total. The quantitative estimate of drug-likeness (QED) is 0.897. The number of nitrogens with two attached hydrogens (primary N) is 1. The SMILES string of the molecule is CCOC(C)(C)c1noc(C2(N)CCC(CC)CC2)n1. The first kappa shape index (κ1) is 15.4. The van der Waals surface area contributed by atoms with Gasteiger partial charge in [0, 0.05) is 6.61 Å². The fourth-order valence-electron chi connectivity index (χ4n) is 2.91. The minimum atomic E-state index is -0.534. The maximum Gasteiger partial charge on any atom is 0.246 e. The van der Waals surface area contributed by atoms with Crippen LogP contribution < -0.4 is 5.73 Å². The van der Waals surface area contributed by atoms with Crippen LogP contribution in [0.3, 0.4) is 0 Å². The molecule has 114 valence electrons. The van der Waals surface area contributed by atoms with Crippen molar-refractivity contribution >= 4 is 0 Å². The molecular weight excluding hydrogens is 254 g/mol. The number of hydrogen-bond acceptors (Lipinski definition) is 5. The molecule has 2 rings (SSSR count). The summed E-state index contributed by atoms with van der Waals surface area (Å²) in [6.07, 6.45) is 5.34. The van der Waals surface area contributed by atoms with Crippen molar-refractivity contribution in [2.45, 2.75) is 70.9 Å². The number of nitrogens with zero attached hydrogens (tertiary/aromatic N) is 2. The van der Waals surface area contributed by atoms with E-state index in [1.165, 1.54) is 6.42 Å². The number of ether oxygens (including phenoxy) is 1. The van der Waals surface area contributed by atoms with E-state index in [0.717, 1.165) is 31.6 Å². The van der Waals surface area contributed by atoms with Crippen LogP contribution in [0, 0.1) is 5.92 Å². The van der Waals surface area contributed by atoms with Crippen molar-refractivity contribution in [1.82, 2.24) is 10.1 Å². The first-order valence-corrected chi connectivity index (χ1v) is 7.69. The molecule has 0 aliphatic heterocycles. The summed E-state index contributed by atoms with van der Waals surface area (Å²) < 4.78 is 11.1. The summed E-state index contributed by atoms with van der Waals surface area (Å²) in [5.41, 5.74) is 5.50. The van der Waals surface area contributed by atoms with E-state index < -0.39 is 11.1 Å². The molecule has 0 bridgehead atoms. The van der Waals surface area contributed by atoms with Gasteiger partial charge in [-0.25, -0.2) is 0 Å². The second-order valence-corrected chi connectivity index (χ2v) is 6.37. The number of rotatable bonds is 5. The summed E-state index contributed by atoms with van der Waals surface area (Å²) in [6, 6.07) is 0. The molecule has 1 fully saturated rings. The molecule has 1 saturated carbocycles. The third kappa shape index (κ3) is 3.04. The Morgan fingerprint density at radius 3 is 2.55 bits per heavy atom. The van der Waals surface area contributed by atoms with Gasteiger partial charge in [0.2, 0.25) is 11.7 Å². The van der Waals surface area contributed by atoms with Gasteiger partial charge >= 0.3 is 0 Å². The Morgan fingerprint density at radius 2 is 2.00 bits per heavy atom. The first-order chi connectivity index (χ1) is 9.41. The molecule has 20 heavy (non-hydrogen) atoms. The minimum Gasteiger partial charge on any atom is -0.368 e. The lowest BCUT2D eigenvalue weighted by atomic mass is 9.76. The van der Waals surface area contributed by atoms with Crippen molar-refractivity contribution in [2.75, 3.05) is 6.61 Å². The molecule has 1 aliphatic carbocycles. The van der Waals surface area contributed by atoms with Crippen molar-refractivity contribution < 1.29 is 9.26 Å². The van der Waals surface area contributed by atoms with Crippen LogP contribution in [-0.4, -0.2) is 16.7 Å². The Hall–Kier alpha value is -0.940. The fraction of sp³-hybridized carbons (Fsp3) is 0.867. The smallest absolute Gasteiger partial charge is 0.246 e. The van der Waals surface area contributed by atoms with Gasteiger partial charge in [0.25, 0.3) is 0 Å². The Bertz CT molecular complexity index is 434. The molecule has 2 N–H and O–H groups in total. The van der Waals surface area contributed by atoms with E-state index >= 15 is 0 Å². The molecule has 0 unspecified atom stereocenters. The van der Waals surface area contributed by atoms with Gasteiger partial charge in [0.1, 0.15) is 5.60 Å². The monoisotopic (exact) mass is 281 g/mol. The molecule has 0 spiro atoms. The molecule has 0 amide bonds. The van der Waals surface area contributed by atoms with E-state index in [-0.39, 0.29) is 0 Å². The zero-order chi connectivity index (χ0) is 14.8. The molecule has 1 aromatic rings. The van der Waals surface area contributed by atoms with Crippen molar-refractivity contribution in [2.24, 2.45) is 11.7 Å². The molecule has 0 aromatic carbocycles. The van der Waals surface area contributed by atoms with Gasteiger partial charge in [-0.2, -0.15) is 4.98 Å². The highest BCUT2D eigenvalue weighted by atomic mass is 16.5. The number of aromatic nitrogens is 2. The molecular formula is C15H27N3O2. The standard InChI is InChI=1S/C15H27N3O2/c1-5-11-7-9-15(16,10-8-11)13-17-12(18-20-13)14(3,4)19-6-2/h11H,5-10,16H2,1-4H3. The second-order valence-electron chi connectivity index (χ2n) is 6.37. The molecule has 0 radical (unpaired) electrons. The molecule has 1 aliphatic rings. The van der Waals surface area contributed by atoms with Crippen LogP contribution in [0.2, 0.25) is 0 Å². The summed E-state index contributed by atoms with van der Waals surface area (Å²) >= 11 is 0. The van der Waals surface area contributed by atoms with E-state index in [9.17, 15) is 0 Å². The normalized spacial score (nSPS) is 27.8. The third-order valence-electron chi connectivity index (χ3n) is 4.47.